The molecule has 2 atom stereocenters. The van der Waals surface area contributed by atoms with Crippen LogP contribution >= 0.6 is 23.5 Å². The van der Waals surface area contributed by atoms with Crippen LogP contribution in [0.25, 0.3) is 0 Å². The van der Waals surface area contributed by atoms with Crippen molar-refractivity contribution >= 4 is 23.5 Å². The predicted molar refractivity (Wildman–Crippen MR) is 68.5 cm³/mol. The normalized spacial score (nSPS) is 26.1. The molecule has 0 N–H and O–H groups in total. The van der Waals surface area contributed by atoms with Gasteiger partial charge in [0.25, 0.3) is 6.03 Å². The van der Waals surface area contributed by atoms with E-state index >= 15 is 0 Å². The fraction of sp³-hybridized carbons (Fsp3) is 1.00. The number of hydrogen-bond acceptors (Lipinski definition) is 5. The van der Waals surface area contributed by atoms with Crippen molar-refractivity contribution in [3.63, 3.8) is 0 Å². The fourth-order valence-electron chi connectivity index (χ4n) is 1.39. The second-order valence-corrected chi connectivity index (χ2v) is 6.97. The summed E-state index contributed by atoms with van der Waals surface area (Å²) < 4.78 is 34.2. The molecule has 5 nitrogen and oxygen atoms in total. The van der Waals surface area contributed by atoms with Crippen LogP contribution in [-0.2, 0) is 23.1 Å². The minimum absolute atomic E-state index is 0.111. The summed E-state index contributed by atoms with van der Waals surface area (Å²) in [5, 5.41) is 0.632. The van der Waals surface area contributed by atoms with Crippen LogP contribution in [0.4, 0.5) is 0 Å². The minimum Gasteiger partial charge on any atom is -0.340 e. The molecule has 0 spiro atoms. The Hall–Kier alpha value is 0.550. The summed E-state index contributed by atoms with van der Waals surface area (Å²) in [7, 11) is -3.40. The SMILES string of the molecule is CC(C)OP(=O)(OC(C)C)[C@H]1OC[C@H](CBr)O1. The van der Waals surface area contributed by atoms with Gasteiger partial charge in [-0.1, -0.05) is 15.9 Å². The lowest BCUT2D eigenvalue weighted by molar-refractivity contribution is -0.0259. The molecule has 0 radical (unpaired) electrons. The first-order valence-corrected chi connectivity index (χ1v) is 8.40. The van der Waals surface area contributed by atoms with E-state index in [-0.39, 0.29) is 18.3 Å². The topological polar surface area (TPSA) is 54.0 Å². The summed E-state index contributed by atoms with van der Waals surface area (Å²) in [6, 6.07) is -0.921. The molecule has 0 unspecified atom stereocenters. The summed E-state index contributed by atoms with van der Waals surface area (Å²) in [5.41, 5.74) is 0. The highest BCUT2D eigenvalue weighted by molar-refractivity contribution is 9.09. The Bertz CT molecular complexity index is 270. The van der Waals surface area contributed by atoms with Crippen LogP contribution in [0.15, 0.2) is 0 Å². The zero-order valence-electron chi connectivity index (χ0n) is 10.6. The average molecular weight is 331 g/mol. The zero-order chi connectivity index (χ0) is 13.1. The van der Waals surface area contributed by atoms with E-state index in [9.17, 15) is 4.57 Å². The molecule has 0 amide bonds. The first kappa shape index (κ1) is 15.6. The summed E-state index contributed by atoms with van der Waals surface area (Å²) >= 11 is 3.30. The minimum atomic E-state index is -3.40. The Morgan fingerprint density at radius 2 is 1.82 bits per heavy atom. The van der Waals surface area contributed by atoms with Crippen LogP contribution < -0.4 is 0 Å². The zero-order valence-corrected chi connectivity index (χ0v) is 13.1. The van der Waals surface area contributed by atoms with Gasteiger partial charge in [0.1, 0.15) is 0 Å². The van der Waals surface area contributed by atoms with Crippen LogP contribution in [0, 0.1) is 0 Å². The average Bonchev–Trinajstić information content (AvgIpc) is 2.63. The van der Waals surface area contributed by atoms with Gasteiger partial charge in [-0.3, -0.25) is 4.57 Å². The molecular formula is C10H20BrO5P. The van der Waals surface area contributed by atoms with Crippen molar-refractivity contribution in [2.75, 3.05) is 11.9 Å². The van der Waals surface area contributed by atoms with E-state index in [1.165, 1.54) is 0 Å². The fourth-order valence-corrected chi connectivity index (χ4v) is 3.74. The van der Waals surface area contributed by atoms with Gasteiger partial charge in [0, 0.05) is 5.33 Å². The Kier molecular flexibility index (Phi) is 6.10. The Morgan fingerprint density at radius 3 is 2.18 bits per heavy atom. The predicted octanol–water partition coefficient (Wildman–Crippen LogP) is 3.12. The Morgan fingerprint density at radius 1 is 1.29 bits per heavy atom. The molecule has 1 heterocycles. The molecule has 0 aromatic rings. The number of ether oxygens (including phenoxy) is 2. The van der Waals surface area contributed by atoms with Crippen molar-refractivity contribution in [1.29, 1.82) is 0 Å². The molecule has 0 aromatic carbocycles. The monoisotopic (exact) mass is 330 g/mol. The van der Waals surface area contributed by atoms with Crippen molar-refractivity contribution in [1.82, 2.24) is 0 Å². The molecule has 1 aliphatic heterocycles. The first-order valence-electron chi connectivity index (χ1n) is 5.67. The van der Waals surface area contributed by atoms with Gasteiger partial charge in [0.15, 0.2) is 0 Å². The van der Waals surface area contributed by atoms with Crippen LogP contribution in [0.2, 0.25) is 0 Å². The van der Waals surface area contributed by atoms with Crippen LogP contribution in [0.3, 0.4) is 0 Å². The van der Waals surface area contributed by atoms with Crippen LogP contribution in [-0.4, -0.2) is 36.3 Å². The lowest BCUT2D eigenvalue weighted by Gasteiger charge is -2.26. The maximum absolute atomic E-state index is 12.6. The van der Waals surface area contributed by atoms with E-state index in [0.717, 1.165) is 0 Å². The Balaban J connectivity index is 2.73. The summed E-state index contributed by atoms with van der Waals surface area (Å²) in [6.45, 7) is 7.59. The van der Waals surface area contributed by atoms with Gasteiger partial charge in [0.05, 0.1) is 24.9 Å². The molecule has 7 heteroatoms. The molecule has 0 aliphatic carbocycles. The second kappa shape index (κ2) is 6.64. The maximum Gasteiger partial charge on any atom is 0.386 e. The van der Waals surface area contributed by atoms with E-state index < -0.39 is 13.6 Å². The number of rotatable bonds is 6. The van der Waals surface area contributed by atoms with Crippen molar-refractivity contribution in [3.8, 4) is 0 Å². The molecule has 1 aliphatic rings. The number of alkyl halides is 1. The first-order chi connectivity index (χ1) is 7.87. The van der Waals surface area contributed by atoms with E-state index in [0.29, 0.717) is 11.9 Å². The van der Waals surface area contributed by atoms with Crippen molar-refractivity contribution in [2.45, 2.75) is 52.0 Å². The largest absolute Gasteiger partial charge is 0.386 e. The van der Waals surface area contributed by atoms with Crippen molar-refractivity contribution < 1.29 is 23.1 Å². The molecule has 1 saturated heterocycles. The highest BCUT2D eigenvalue weighted by Crippen LogP contribution is 2.57. The van der Waals surface area contributed by atoms with Gasteiger partial charge in [-0.25, -0.2) is 0 Å². The summed E-state index contributed by atoms with van der Waals surface area (Å²) in [4.78, 5) is 0. The van der Waals surface area contributed by atoms with E-state index in [2.05, 4.69) is 15.9 Å². The molecule has 0 bridgehead atoms. The van der Waals surface area contributed by atoms with Crippen LogP contribution in [0.5, 0.6) is 0 Å². The van der Waals surface area contributed by atoms with Crippen molar-refractivity contribution in [3.05, 3.63) is 0 Å². The third-order valence-corrected chi connectivity index (χ3v) is 4.82. The molecule has 102 valence electrons. The highest BCUT2D eigenvalue weighted by Gasteiger charge is 2.45. The van der Waals surface area contributed by atoms with Crippen molar-refractivity contribution in [2.24, 2.45) is 0 Å². The lowest BCUT2D eigenvalue weighted by Crippen LogP contribution is -2.20. The highest BCUT2D eigenvalue weighted by atomic mass is 79.9. The molecule has 17 heavy (non-hydrogen) atoms. The van der Waals surface area contributed by atoms with Gasteiger partial charge < -0.3 is 18.5 Å². The second-order valence-electron chi connectivity index (χ2n) is 4.40. The van der Waals surface area contributed by atoms with E-state index in [1.807, 2.05) is 0 Å². The van der Waals surface area contributed by atoms with E-state index in [4.69, 9.17) is 18.5 Å². The molecule has 0 aromatic heterocycles. The maximum atomic E-state index is 12.6. The van der Waals surface area contributed by atoms with Gasteiger partial charge in [-0.15, -0.1) is 0 Å². The summed E-state index contributed by atoms with van der Waals surface area (Å²) in [6.07, 6.45) is -0.538. The van der Waals surface area contributed by atoms with Crippen LogP contribution in [0.1, 0.15) is 27.7 Å². The quantitative estimate of drug-likeness (QED) is 0.553. The number of halogens is 1. The smallest absolute Gasteiger partial charge is 0.340 e. The Labute approximate surface area is 111 Å². The van der Waals surface area contributed by atoms with Gasteiger partial charge in [0.2, 0.25) is 0 Å². The molecule has 1 fully saturated rings. The van der Waals surface area contributed by atoms with Gasteiger partial charge >= 0.3 is 7.60 Å². The third kappa shape index (κ3) is 4.62. The summed E-state index contributed by atoms with van der Waals surface area (Å²) in [5.74, 6) is 0. The molecule has 1 rings (SSSR count). The van der Waals surface area contributed by atoms with E-state index in [1.54, 1.807) is 27.7 Å². The van der Waals surface area contributed by atoms with Gasteiger partial charge in [-0.05, 0) is 27.7 Å². The lowest BCUT2D eigenvalue weighted by atomic mass is 10.5. The number of hydrogen-bond donors (Lipinski definition) is 0. The van der Waals surface area contributed by atoms with Gasteiger partial charge in [-0.2, -0.15) is 0 Å². The third-order valence-electron chi connectivity index (χ3n) is 1.88. The molecule has 0 saturated carbocycles. The molecular weight excluding hydrogens is 311 g/mol. The standard InChI is InChI=1S/C10H20BrO5P/c1-7(2)15-17(12,16-8(3)4)10-13-6-9(5-11)14-10/h7-10H,5-6H2,1-4H3/t9-,10-/m0/s1.